The molecule has 0 fully saturated rings. The van der Waals surface area contributed by atoms with Gasteiger partial charge in [0.2, 0.25) is 0 Å². The molecule has 1 amide bonds. The number of ether oxygens (including phenoxy) is 1. The van der Waals surface area contributed by atoms with Crippen molar-refractivity contribution in [1.82, 2.24) is 10.6 Å². The van der Waals surface area contributed by atoms with Crippen molar-refractivity contribution >= 4 is 23.5 Å². The average molecular weight is 384 g/mol. The summed E-state index contributed by atoms with van der Waals surface area (Å²) in [6, 6.07) is 15.8. The van der Waals surface area contributed by atoms with Gasteiger partial charge in [0.15, 0.2) is 0 Å². The number of benzene rings is 2. The highest BCUT2D eigenvalue weighted by molar-refractivity contribution is 6.30. The fourth-order valence-electron chi connectivity index (χ4n) is 2.18. The van der Waals surface area contributed by atoms with E-state index in [1.54, 1.807) is 48.5 Å². The Hall–Kier alpha value is -3.30. The third-order valence-corrected chi connectivity index (χ3v) is 3.91. The zero-order valence-corrected chi connectivity index (χ0v) is 15.4. The number of carbonyl (C=O) groups is 2. The lowest BCUT2D eigenvalue weighted by molar-refractivity contribution is -0.117. The molecule has 0 radical (unpaired) electrons. The molecule has 0 unspecified atom stereocenters. The monoisotopic (exact) mass is 383 g/mol. The van der Waals surface area contributed by atoms with Gasteiger partial charge in [0.1, 0.15) is 11.6 Å². The molecule has 0 aliphatic heterocycles. The molecule has 0 saturated carbocycles. The fourth-order valence-corrected chi connectivity index (χ4v) is 2.30. The van der Waals surface area contributed by atoms with Gasteiger partial charge in [-0.05, 0) is 35.4 Å². The second-order valence-electron chi connectivity index (χ2n) is 5.55. The summed E-state index contributed by atoms with van der Waals surface area (Å²) in [7, 11) is 1.32. The number of methoxy groups -OCH3 is 1. The predicted octanol–water partition coefficient (Wildman–Crippen LogP) is 2.94. The van der Waals surface area contributed by atoms with E-state index < -0.39 is 11.9 Å². The van der Waals surface area contributed by atoms with Gasteiger partial charge in [0.25, 0.3) is 5.91 Å². The van der Waals surface area contributed by atoms with Crippen LogP contribution >= 0.6 is 11.6 Å². The van der Waals surface area contributed by atoms with Crippen LogP contribution in [0.15, 0.2) is 60.3 Å². The lowest BCUT2D eigenvalue weighted by Gasteiger charge is -2.06. The van der Waals surface area contributed by atoms with Crippen LogP contribution in [-0.2, 0) is 22.6 Å². The Morgan fingerprint density at radius 1 is 1.07 bits per heavy atom. The Morgan fingerprint density at radius 3 is 2.26 bits per heavy atom. The van der Waals surface area contributed by atoms with E-state index in [0.29, 0.717) is 23.7 Å². The number of nitrogens with one attached hydrogen (secondary N) is 2. The van der Waals surface area contributed by atoms with Crippen LogP contribution in [0.5, 0.6) is 0 Å². The van der Waals surface area contributed by atoms with Gasteiger partial charge >= 0.3 is 5.97 Å². The van der Waals surface area contributed by atoms with Crippen LogP contribution in [0.3, 0.4) is 0 Å². The van der Waals surface area contributed by atoms with Crippen molar-refractivity contribution < 1.29 is 14.3 Å². The van der Waals surface area contributed by atoms with E-state index in [4.69, 9.17) is 16.9 Å². The van der Waals surface area contributed by atoms with Crippen molar-refractivity contribution in [3.8, 4) is 6.07 Å². The first kappa shape index (κ1) is 20.0. The molecular weight excluding hydrogens is 366 g/mol. The van der Waals surface area contributed by atoms with Gasteiger partial charge in [0.05, 0.1) is 12.7 Å². The number of esters is 1. The van der Waals surface area contributed by atoms with E-state index in [-0.39, 0.29) is 5.57 Å². The summed E-state index contributed by atoms with van der Waals surface area (Å²) in [6.45, 7) is 0.696. The third kappa shape index (κ3) is 6.17. The Bertz CT molecular complexity index is 869. The minimum Gasteiger partial charge on any atom is -0.465 e. The van der Waals surface area contributed by atoms with Gasteiger partial charge in [-0.1, -0.05) is 35.9 Å². The highest BCUT2D eigenvalue weighted by atomic mass is 35.5. The van der Waals surface area contributed by atoms with Gasteiger partial charge < -0.3 is 15.4 Å². The minimum atomic E-state index is -0.471. The Labute approximate surface area is 162 Å². The number of amides is 1. The number of nitriles is 1. The summed E-state index contributed by atoms with van der Waals surface area (Å²) >= 11 is 5.82. The predicted molar refractivity (Wildman–Crippen MR) is 102 cm³/mol. The quantitative estimate of drug-likeness (QED) is 0.435. The Morgan fingerprint density at radius 2 is 1.67 bits per heavy atom. The Balaban J connectivity index is 1.87. The summed E-state index contributed by atoms with van der Waals surface area (Å²) in [5.74, 6) is -0.875. The van der Waals surface area contributed by atoms with Crippen molar-refractivity contribution in [2.24, 2.45) is 0 Å². The van der Waals surface area contributed by atoms with Gasteiger partial charge in [0, 0.05) is 24.3 Å². The lowest BCUT2D eigenvalue weighted by atomic mass is 10.1. The highest BCUT2D eigenvalue weighted by Crippen LogP contribution is 2.09. The SMILES string of the molecule is COC(=O)c1ccc(CN/C=C(/C#N)C(=O)NCc2ccc(Cl)cc2)cc1. The molecule has 0 atom stereocenters. The molecule has 0 spiro atoms. The molecule has 0 bridgehead atoms. The smallest absolute Gasteiger partial charge is 0.337 e. The summed E-state index contributed by atoms with van der Waals surface area (Å²) in [5.41, 5.74) is 2.19. The number of hydrogen-bond acceptors (Lipinski definition) is 5. The zero-order chi connectivity index (χ0) is 19.6. The molecule has 2 aromatic rings. The van der Waals surface area contributed by atoms with E-state index in [1.807, 2.05) is 6.07 Å². The van der Waals surface area contributed by atoms with Gasteiger partial charge in [-0.3, -0.25) is 4.79 Å². The first-order chi connectivity index (χ1) is 13.0. The van der Waals surface area contributed by atoms with Crippen LogP contribution in [0.2, 0.25) is 5.02 Å². The largest absolute Gasteiger partial charge is 0.465 e. The Kier molecular flexibility index (Phi) is 7.41. The van der Waals surface area contributed by atoms with E-state index in [1.165, 1.54) is 13.3 Å². The van der Waals surface area contributed by atoms with Crippen LogP contribution in [0.4, 0.5) is 0 Å². The van der Waals surface area contributed by atoms with Gasteiger partial charge in [-0.2, -0.15) is 5.26 Å². The molecule has 0 saturated heterocycles. The summed E-state index contributed by atoms with van der Waals surface area (Å²) in [6.07, 6.45) is 1.37. The van der Waals surface area contributed by atoms with Crippen molar-refractivity contribution in [3.05, 3.63) is 82.0 Å². The first-order valence-corrected chi connectivity index (χ1v) is 8.45. The van der Waals surface area contributed by atoms with Crippen LogP contribution < -0.4 is 10.6 Å². The maximum absolute atomic E-state index is 12.1. The molecular formula is C20H18ClN3O3. The van der Waals surface area contributed by atoms with Crippen molar-refractivity contribution in [2.75, 3.05) is 7.11 Å². The normalized spacial score (nSPS) is 10.6. The number of rotatable bonds is 7. The van der Waals surface area contributed by atoms with Gasteiger partial charge in [-0.25, -0.2) is 4.79 Å². The summed E-state index contributed by atoms with van der Waals surface area (Å²) < 4.78 is 4.64. The molecule has 2 rings (SSSR count). The molecule has 0 aliphatic carbocycles. The molecule has 0 heterocycles. The highest BCUT2D eigenvalue weighted by Gasteiger charge is 2.08. The molecule has 138 valence electrons. The molecule has 27 heavy (non-hydrogen) atoms. The fraction of sp³-hybridized carbons (Fsp3) is 0.150. The molecule has 2 aromatic carbocycles. The van der Waals surface area contributed by atoms with Crippen molar-refractivity contribution in [1.29, 1.82) is 5.26 Å². The maximum atomic E-state index is 12.1. The number of hydrogen-bond donors (Lipinski definition) is 2. The number of nitrogens with zero attached hydrogens (tertiary/aromatic N) is 1. The zero-order valence-electron chi connectivity index (χ0n) is 14.7. The third-order valence-electron chi connectivity index (χ3n) is 3.66. The topological polar surface area (TPSA) is 91.2 Å². The molecule has 2 N–H and O–H groups in total. The second kappa shape index (κ2) is 10.00. The van der Waals surface area contributed by atoms with E-state index in [2.05, 4.69) is 15.4 Å². The lowest BCUT2D eigenvalue weighted by Crippen LogP contribution is -2.25. The second-order valence-corrected chi connectivity index (χ2v) is 5.98. The molecule has 0 aromatic heterocycles. The van der Waals surface area contributed by atoms with E-state index in [0.717, 1.165) is 11.1 Å². The number of carbonyl (C=O) groups excluding carboxylic acids is 2. The minimum absolute atomic E-state index is 0.0323. The van der Waals surface area contributed by atoms with Crippen LogP contribution in [-0.4, -0.2) is 19.0 Å². The average Bonchev–Trinajstić information content (AvgIpc) is 2.70. The maximum Gasteiger partial charge on any atom is 0.337 e. The number of halogens is 1. The van der Waals surface area contributed by atoms with Crippen molar-refractivity contribution in [2.45, 2.75) is 13.1 Å². The first-order valence-electron chi connectivity index (χ1n) is 8.07. The summed E-state index contributed by atoms with van der Waals surface area (Å²) in [4.78, 5) is 23.5. The van der Waals surface area contributed by atoms with E-state index in [9.17, 15) is 9.59 Å². The van der Waals surface area contributed by atoms with Crippen molar-refractivity contribution in [3.63, 3.8) is 0 Å². The summed E-state index contributed by atoms with van der Waals surface area (Å²) in [5, 5.41) is 15.4. The van der Waals surface area contributed by atoms with E-state index >= 15 is 0 Å². The standard InChI is InChI=1S/C20H18ClN3O3/c1-27-20(26)16-6-2-14(3-7-16)11-23-13-17(10-22)19(25)24-12-15-4-8-18(21)9-5-15/h2-9,13,23H,11-12H2,1H3,(H,24,25)/b17-13-. The van der Waals surface area contributed by atoms with Gasteiger partial charge in [-0.15, -0.1) is 0 Å². The molecule has 6 nitrogen and oxygen atoms in total. The molecule has 7 heteroatoms. The van der Waals surface area contributed by atoms with Crippen LogP contribution in [0, 0.1) is 11.3 Å². The van der Waals surface area contributed by atoms with Crippen LogP contribution in [0.1, 0.15) is 21.5 Å². The van der Waals surface area contributed by atoms with Crippen LogP contribution in [0.25, 0.3) is 0 Å². The molecule has 0 aliphatic rings.